The van der Waals surface area contributed by atoms with Gasteiger partial charge in [-0.15, -0.1) is 0 Å². The third-order valence-corrected chi connectivity index (χ3v) is 3.26. The van der Waals surface area contributed by atoms with Crippen molar-refractivity contribution in [1.29, 1.82) is 0 Å². The van der Waals surface area contributed by atoms with Crippen molar-refractivity contribution in [1.82, 2.24) is 0 Å². The first kappa shape index (κ1) is 21.7. The Hall–Kier alpha value is -2.36. The molecule has 10 nitrogen and oxygen atoms in total. The molecule has 144 valence electrons. The maximum absolute atomic E-state index is 11.3. The number of amides is 1. The van der Waals surface area contributed by atoms with Gasteiger partial charge >= 0.3 is 6.09 Å². The van der Waals surface area contributed by atoms with Crippen LogP contribution >= 0.6 is 0 Å². The van der Waals surface area contributed by atoms with Crippen LogP contribution < -0.4 is 4.90 Å². The van der Waals surface area contributed by atoms with Crippen LogP contribution in [0.2, 0.25) is 0 Å². The van der Waals surface area contributed by atoms with Crippen LogP contribution in [0.1, 0.15) is 5.56 Å². The Bertz CT molecular complexity index is 562. The van der Waals surface area contributed by atoms with E-state index in [-0.39, 0.29) is 19.8 Å². The van der Waals surface area contributed by atoms with E-state index in [9.17, 15) is 9.90 Å². The molecule has 0 radical (unpaired) electrons. The molecule has 0 aromatic heterocycles. The molecule has 0 saturated carbocycles. The molecule has 0 aliphatic heterocycles. The lowest BCUT2D eigenvalue weighted by atomic mass is 10.2. The summed E-state index contributed by atoms with van der Waals surface area (Å²) in [6, 6.07) is 6.64. The Balaban J connectivity index is 2.12. The third kappa shape index (κ3) is 9.21. The van der Waals surface area contributed by atoms with E-state index in [1.54, 1.807) is 24.3 Å². The zero-order valence-corrected chi connectivity index (χ0v) is 14.5. The van der Waals surface area contributed by atoms with E-state index in [4.69, 9.17) is 24.8 Å². The molecular weight excluding hydrogens is 344 g/mol. The van der Waals surface area contributed by atoms with Gasteiger partial charge in [0.05, 0.1) is 52.8 Å². The molecule has 0 heterocycles. The summed E-state index contributed by atoms with van der Waals surface area (Å²) in [5.41, 5.74) is 9.32. The van der Waals surface area contributed by atoms with Crippen LogP contribution in [0.4, 0.5) is 10.5 Å². The molecule has 0 fully saturated rings. The molecule has 0 bridgehead atoms. The number of anilines is 1. The fraction of sp³-hybridized carbons (Fsp3) is 0.562. The minimum Gasteiger partial charge on any atom is -0.465 e. The predicted octanol–water partition coefficient (Wildman–Crippen LogP) is 2.02. The molecule has 1 aromatic rings. The first-order chi connectivity index (χ1) is 12.7. The highest BCUT2D eigenvalue weighted by Crippen LogP contribution is 2.15. The molecule has 0 atom stereocenters. The Morgan fingerprint density at radius 3 is 2.15 bits per heavy atom. The van der Waals surface area contributed by atoms with Crippen LogP contribution in [0.25, 0.3) is 10.4 Å². The summed E-state index contributed by atoms with van der Waals surface area (Å²) in [6.45, 7) is 2.51. The van der Waals surface area contributed by atoms with Crippen molar-refractivity contribution in [3.8, 4) is 0 Å². The van der Waals surface area contributed by atoms with Gasteiger partial charge in [0.15, 0.2) is 0 Å². The van der Waals surface area contributed by atoms with Crippen LogP contribution in [0.5, 0.6) is 0 Å². The molecule has 0 spiro atoms. The number of rotatable bonds is 14. The lowest BCUT2D eigenvalue weighted by Gasteiger charge is -2.19. The van der Waals surface area contributed by atoms with Crippen LogP contribution in [0.15, 0.2) is 29.4 Å². The average Bonchev–Trinajstić information content (AvgIpc) is 2.65. The fourth-order valence-electron chi connectivity index (χ4n) is 1.96. The summed E-state index contributed by atoms with van der Waals surface area (Å²) in [6.07, 6.45) is -1.07. The predicted molar refractivity (Wildman–Crippen MR) is 94.2 cm³/mol. The molecule has 1 aromatic carbocycles. The standard InChI is InChI=1S/C16H24N4O6/c17-19-18-5-7-24-9-11-26-12-10-25-8-6-20(16(22)23)15-3-1-14(13-21)2-4-15/h1-4,21H,5-13H2,(H,22,23). The molecule has 26 heavy (non-hydrogen) atoms. The Kier molecular flexibility index (Phi) is 11.6. The largest absolute Gasteiger partial charge is 0.465 e. The van der Waals surface area contributed by atoms with Crippen LogP contribution in [0, 0.1) is 0 Å². The van der Waals surface area contributed by atoms with Gasteiger partial charge in [-0.3, -0.25) is 4.90 Å². The first-order valence-electron chi connectivity index (χ1n) is 8.13. The van der Waals surface area contributed by atoms with Crippen molar-refractivity contribution < 1.29 is 29.2 Å². The van der Waals surface area contributed by atoms with E-state index >= 15 is 0 Å². The van der Waals surface area contributed by atoms with Gasteiger partial charge in [0.25, 0.3) is 0 Å². The number of nitrogens with zero attached hydrogens (tertiary/aromatic N) is 4. The highest BCUT2D eigenvalue weighted by atomic mass is 16.5. The number of hydrogen-bond donors (Lipinski definition) is 2. The summed E-state index contributed by atoms with van der Waals surface area (Å²) in [5, 5.41) is 21.6. The van der Waals surface area contributed by atoms with Crippen molar-refractivity contribution in [3.63, 3.8) is 0 Å². The van der Waals surface area contributed by atoms with Crippen LogP contribution in [-0.4, -0.2) is 69.0 Å². The lowest BCUT2D eigenvalue weighted by Crippen LogP contribution is -2.32. The molecule has 2 N–H and O–H groups in total. The summed E-state index contributed by atoms with van der Waals surface area (Å²) < 4.78 is 15.8. The number of azide groups is 1. The van der Waals surface area contributed by atoms with Crippen molar-refractivity contribution in [2.75, 3.05) is 57.6 Å². The van der Waals surface area contributed by atoms with Gasteiger partial charge in [-0.2, -0.15) is 0 Å². The van der Waals surface area contributed by atoms with Crippen molar-refractivity contribution >= 4 is 11.8 Å². The topological polar surface area (TPSA) is 137 Å². The smallest absolute Gasteiger partial charge is 0.411 e. The van der Waals surface area contributed by atoms with E-state index < -0.39 is 6.09 Å². The summed E-state index contributed by atoms with van der Waals surface area (Å²) >= 11 is 0. The normalized spacial score (nSPS) is 10.3. The van der Waals surface area contributed by atoms with Gasteiger partial charge in [-0.05, 0) is 23.2 Å². The fourth-order valence-corrected chi connectivity index (χ4v) is 1.96. The Morgan fingerprint density at radius 2 is 1.62 bits per heavy atom. The number of aliphatic hydroxyl groups excluding tert-OH is 1. The molecule has 0 saturated heterocycles. The van der Waals surface area contributed by atoms with Gasteiger partial charge in [-0.1, -0.05) is 17.2 Å². The van der Waals surface area contributed by atoms with Crippen molar-refractivity contribution in [2.24, 2.45) is 5.11 Å². The summed E-state index contributed by atoms with van der Waals surface area (Å²) in [5.74, 6) is 0. The van der Waals surface area contributed by atoms with E-state index in [1.807, 2.05) is 0 Å². The Morgan fingerprint density at radius 1 is 1.04 bits per heavy atom. The zero-order chi connectivity index (χ0) is 19.0. The molecule has 0 unspecified atom stereocenters. The maximum atomic E-state index is 11.3. The van der Waals surface area contributed by atoms with Gasteiger partial charge in [0.1, 0.15) is 0 Å². The first-order valence-corrected chi connectivity index (χ1v) is 8.13. The van der Waals surface area contributed by atoms with Gasteiger partial charge < -0.3 is 24.4 Å². The SMILES string of the molecule is [N-]=[N+]=NCCOCCOCCOCCN(C(=O)O)c1ccc(CO)cc1. The minimum absolute atomic E-state index is 0.0880. The number of aliphatic hydroxyl groups is 1. The number of carbonyl (C=O) groups is 1. The van der Waals surface area contributed by atoms with Gasteiger partial charge in [-0.25, -0.2) is 4.79 Å². The molecule has 1 amide bonds. The summed E-state index contributed by atoms with van der Waals surface area (Å²) in [4.78, 5) is 15.1. The van der Waals surface area contributed by atoms with Crippen molar-refractivity contribution in [3.05, 3.63) is 40.3 Å². The number of hydrogen-bond acceptors (Lipinski definition) is 6. The zero-order valence-electron chi connectivity index (χ0n) is 14.5. The highest BCUT2D eigenvalue weighted by molar-refractivity contribution is 5.85. The monoisotopic (exact) mass is 368 g/mol. The second-order valence-electron chi connectivity index (χ2n) is 5.05. The van der Waals surface area contributed by atoms with Gasteiger partial charge in [0, 0.05) is 17.1 Å². The molecule has 1 rings (SSSR count). The summed E-state index contributed by atoms with van der Waals surface area (Å²) in [7, 11) is 0. The van der Waals surface area contributed by atoms with E-state index in [0.29, 0.717) is 50.8 Å². The molecule has 10 heteroatoms. The quantitative estimate of drug-likeness (QED) is 0.223. The lowest BCUT2D eigenvalue weighted by molar-refractivity contribution is 0.0173. The van der Waals surface area contributed by atoms with E-state index in [2.05, 4.69) is 10.0 Å². The number of carboxylic acid groups (broad SMARTS) is 1. The van der Waals surface area contributed by atoms with Crippen molar-refractivity contribution in [2.45, 2.75) is 6.61 Å². The van der Waals surface area contributed by atoms with Crippen LogP contribution in [-0.2, 0) is 20.8 Å². The molecular formula is C16H24N4O6. The maximum Gasteiger partial charge on any atom is 0.411 e. The number of benzene rings is 1. The minimum atomic E-state index is -1.07. The molecule has 0 aliphatic rings. The second-order valence-corrected chi connectivity index (χ2v) is 5.05. The second kappa shape index (κ2) is 13.9. The van der Waals surface area contributed by atoms with E-state index in [0.717, 1.165) is 0 Å². The number of ether oxygens (including phenoxy) is 3. The average molecular weight is 368 g/mol. The van der Waals surface area contributed by atoms with Crippen LogP contribution in [0.3, 0.4) is 0 Å². The molecule has 0 aliphatic carbocycles. The third-order valence-electron chi connectivity index (χ3n) is 3.26. The van der Waals surface area contributed by atoms with E-state index in [1.165, 1.54) is 4.90 Å². The highest BCUT2D eigenvalue weighted by Gasteiger charge is 2.13. The Labute approximate surface area is 151 Å². The van der Waals surface area contributed by atoms with Gasteiger partial charge in [0.2, 0.25) is 0 Å².